The Labute approximate surface area is 158 Å². The summed E-state index contributed by atoms with van der Waals surface area (Å²) in [6.45, 7) is 10.6. The van der Waals surface area contributed by atoms with Gasteiger partial charge >= 0.3 is 0 Å². The third kappa shape index (κ3) is 3.56. The molecule has 1 aliphatic rings. The van der Waals surface area contributed by atoms with E-state index in [0.29, 0.717) is 17.5 Å². The van der Waals surface area contributed by atoms with Crippen LogP contribution in [0.25, 0.3) is 11.3 Å². The van der Waals surface area contributed by atoms with E-state index in [0.717, 1.165) is 11.1 Å². The number of rotatable bonds is 3. The minimum Gasteiger partial charge on any atom is -0.506 e. The molecule has 1 saturated carbocycles. The van der Waals surface area contributed by atoms with Crippen LogP contribution in [0.5, 0.6) is 0 Å². The topological polar surface area (TPSA) is 97.5 Å². The second kappa shape index (κ2) is 7.10. The highest BCUT2D eigenvalue weighted by Crippen LogP contribution is 2.39. The van der Waals surface area contributed by atoms with E-state index in [1.165, 1.54) is 12.1 Å². The molecular formula is C21H25NO5. The van der Waals surface area contributed by atoms with Crippen LogP contribution in [0.15, 0.2) is 23.3 Å². The Hall–Kier alpha value is -2.76. The molecule has 0 radical (unpaired) electrons. The number of aliphatic hydroxyl groups is 1. The molecule has 0 heterocycles. The number of nitro benzene ring substituents is 1. The van der Waals surface area contributed by atoms with E-state index in [2.05, 4.69) is 0 Å². The zero-order valence-electron chi connectivity index (χ0n) is 16.6. The fourth-order valence-electron chi connectivity index (χ4n) is 3.33. The van der Waals surface area contributed by atoms with Crippen LogP contribution in [0, 0.1) is 22.5 Å². The number of carbonyl (C=O) groups is 2. The van der Waals surface area contributed by atoms with Gasteiger partial charge in [0, 0.05) is 23.5 Å². The van der Waals surface area contributed by atoms with Gasteiger partial charge in [0.1, 0.15) is 11.3 Å². The Bertz CT molecular complexity index is 915. The molecule has 1 aromatic carbocycles. The van der Waals surface area contributed by atoms with E-state index in [1.807, 2.05) is 13.8 Å². The Kier molecular flexibility index (Phi) is 5.40. The van der Waals surface area contributed by atoms with E-state index in [9.17, 15) is 24.8 Å². The number of Topliss-reactive ketones (excluding diaryl/α,β-unsaturated/α-hetero) is 2. The van der Waals surface area contributed by atoms with Gasteiger partial charge in [-0.15, -0.1) is 0 Å². The maximum Gasteiger partial charge on any atom is 0.277 e. The number of aliphatic hydroxyl groups excluding tert-OH is 1. The summed E-state index contributed by atoms with van der Waals surface area (Å²) in [5, 5.41) is 22.3. The lowest BCUT2D eigenvalue weighted by Crippen LogP contribution is -2.35. The van der Waals surface area contributed by atoms with Crippen molar-refractivity contribution in [3.63, 3.8) is 0 Å². The van der Waals surface area contributed by atoms with Crippen LogP contribution in [0.2, 0.25) is 0 Å². The maximum atomic E-state index is 12.7. The van der Waals surface area contributed by atoms with Gasteiger partial charge in [0.2, 0.25) is 0 Å². The van der Waals surface area contributed by atoms with Crippen molar-refractivity contribution in [1.29, 1.82) is 0 Å². The molecule has 1 N–H and O–H groups in total. The molecule has 0 atom stereocenters. The van der Waals surface area contributed by atoms with Crippen molar-refractivity contribution in [3.8, 4) is 0 Å². The van der Waals surface area contributed by atoms with Gasteiger partial charge in [-0.1, -0.05) is 19.4 Å². The summed E-state index contributed by atoms with van der Waals surface area (Å²) in [4.78, 5) is 36.1. The molecule has 0 saturated heterocycles. The predicted molar refractivity (Wildman–Crippen MR) is 104 cm³/mol. The average molecular weight is 371 g/mol. The normalized spacial score (nSPS) is 18.3. The summed E-state index contributed by atoms with van der Waals surface area (Å²) in [6.07, 6.45) is 0.618. The van der Waals surface area contributed by atoms with Crippen molar-refractivity contribution in [3.05, 3.63) is 50.1 Å². The van der Waals surface area contributed by atoms with E-state index >= 15 is 0 Å². The minimum atomic E-state index is -0.732. The van der Waals surface area contributed by atoms with E-state index in [-0.39, 0.29) is 23.2 Å². The first-order valence-corrected chi connectivity index (χ1v) is 8.84. The highest BCUT2D eigenvalue weighted by molar-refractivity contribution is 6.27. The summed E-state index contributed by atoms with van der Waals surface area (Å²) in [7, 11) is 0. The molecule has 0 amide bonds. The number of benzene rings is 1. The van der Waals surface area contributed by atoms with Gasteiger partial charge in [0.15, 0.2) is 11.6 Å². The van der Waals surface area contributed by atoms with Crippen molar-refractivity contribution < 1.29 is 19.6 Å². The van der Waals surface area contributed by atoms with Crippen LogP contribution in [0.1, 0.15) is 64.2 Å². The molecule has 2 rings (SSSR count). The third-order valence-electron chi connectivity index (χ3n) is 5.35. The molecule has 6 nitrogen and oxygen atoms in total. The second-order valence-electron chi connectivity index (χ2n) is 7.87. The first-order chi connectivity index (χ1) is 12.4. The Balaban J connectivity index is 2.82. The number of nitro groups is 1. The molecule has 1 fully saturated rings. The van der Waals surface area contributed by atoms with Crippen molar-refractivity contribution in [2.24, 2.45) is 5.41 Å². The lowest BCUT2D eigenvalue weighted by molar-refractivity contribution is -0.385. The fraction of sp³-hybridized carbons (Fsp3) is 0.429. The zero-order chi connectivity index (χ0) is 20.7. The van der Waals surface area contributed by atoms with E-state index in [1.54, 1.807) is 27.7 Å². The third-order valence-corrected chi connectivity index (χ3v) is 5.35. The maximum absolute atomic E-state index is 12.7. The molecule has 1 aliphatic carbocycles. The van der Waals surface area contributed by atoms with Gasteiger partial charge in [-0.3, -0.25) is 19.7 Å². The zero-order valence-corrected chi connectivity index (χ0v) is 16.6. The summed E-state index contributed by atoms with van der Waals surface area (Å²) in [6, 6.07) is 2.71. The van der Waals surface area contributed by atoms with E-state index < -0.39 is 27.7 Å². The van der Waals surface area contributed by atoms with Gasteiger partial charge < -0.3 is 5.11 Å². The lowest BCUT2D eigenvalue weighted by atomic mass is 9.72. The van der Waals surface area contributed by atoms with Crippen LogP contribution in [-0.2, 0) is 9.59 Å². The molecule has 0 aromatic heterocycles. The first-order valence-electron chi connectivity index (χ1n) is 8.84. The second-order valence-corrected chi connectivity index (χ2v) is 7.87. The van der Waals surface area contributed by atoms with Gasteiger partial charge in [-0.25, -0.2) is 0 Å². The van der Waals surface area contributed by atoms with Crippen LogP contribution in [0.3, 0.4) is 0 Å². The number of hydrogen-bond acceptors (Lipinski definition) is 5. The van der Waals surface area contributed by atoms with Gasteiger partial charge in [-0.2, -0.15) is 0 Å². The van der Waals surface area contributed by atoms with Crippen LogP contribution < -0.4 is 0 Å². The van der Waals surface area contributed by atoms with Gasteiger partial charge in [-0.05, 0) is 51.3 Å². The minimum absolute atomic E-state index is 0.0747. The van der Waals surface area contributed by atoms with Crippen LogP contribution >= 0.6 is 0 Å². The number of ketones is 2. The summed E-state index contributed by atoms with van der Waals surface area (Å²) >= 11 is 0. The van der Waals surface area contributed by atoms with Crippen molar-refractivity contribution >= 4 is 28.6 Å². The smallest absolute Gasteiger partial charge is 0.277 e. The predicted octanol–water partition coefficient (Wildman–Crippen LogP) is 4.94. The van der Waals surface area contributed by atoms with Crippen molar-refractivity contribution in [2.75, 3.05) is 0 Å². The SMILES string of the molecule is CC(C)=C(C)c1c([N+](=O)[O-])ccc(C(O)=C2C(=O)CCC(C)(C)C2=O)c1C. The molecular weight excluding hydrogens is 346 g/mol. The Morgan fingerprint density at radius 2 is 1.78 bits per heavy atom. The largest absolute Gasteiger partial charge is 0.506 e. The molecule has 0 spiro atoms. The average Bonchev–Trinajstić information content (AvgIpc) is 2.57. The lowest BCUT2D eigenvalue weighted by Gasteiger charge is -2.29. The molecule has 1 aromatic rings. The molecule has 27 heavy (non-hydrogen) atoms. The monoisotopic (exact) mass is 371 g/mol. The van der Waals surface area contributed by atoms with Crippen LogP contribution in [-0.4, -0.2) is 21.6 Å². The van der Waals surface area contributed by atoms with Crippen molar-refractivity contribution in [1.82, 2.24) is 0 Å². The summed E-state index contributed by atoms with van der Waals surface area (Å²) in [5.41, 5.74) is 1.75. The number of nitrogens with zero attached hydrogens (tertiary/aromatic N) is 1. The standard InChI is InChI=1S/C21H25NO5/c1-11(2)12(3)17-13(4)14(7-8-15(17)22(26)27)19(24)18-16(23)9-10-21(5,6)20(18)25/h7-8,24H,9-10H2,1-6H3. The van der Waals surface area contributed by atoms with Crippen LogP contribution in [0.4, 0.5) is 5.69 Å². The first kappa shape index (κ1) is 20.6. The van der Waals surface area contributed by atoms with E-state index in [4.69, 9.17) is 0 Å². The molecule has 144 valence electrons. The molecule has 0 bridgehead atoms. The molecule has 0 unspecified atom stereocenters. The number of allylic oxidation sites excluding steroid dienone is 3. The quantitative estimate of drug-likeness (QED) is 0.267. The number of hydrogen-bond donors (Lipinski definition) is 1. The Morgan fingerprint density at radius 3 is 2.30 bits per heavy atom. The number of carbonyl (C=O) groups excluding carboxylic acids is 2. The molecule has 6 heteroatoms. The highest BCUT2D eigenvalue weighted by Gasteiger charge is 2.40. The summed E-state index contributed by atoms with van der Waals surface area (Å²) in [5.74, 6) is -1.18. The van der Waals surface area contributed by atoms with Crippen molar-refractivity contribution in [2.45, 2.75) is 54.4 Å². The van der Waals surface area contributed by atoms with Gasteiger partial charge in [0.05, 0.1) is 10.5 Å². The summed E-state index contributed by atoms with van der Waals surface area (Å²) < 4.78 is 0. The highest BCUT2D eigenvalue weighted by atomic mass is 16.6. The molecule has 0 aliphatic heterocycles. The van der Waals surface area contributed by atoms with Gasteiger partial charge in [0.25, 0.3) is 5.69 Å². The fourth-order valence-corrected chi connectivity index (χ4v) is 3.33. The Morgan fingerprint density at radius 1 is 1.19 bits per heavy atom.